The second kappa shape index (κ2) is 8.71. The lowest BCUT2D eigenvalue weighted by Crippen LogP contribution is -2.21. The van der Waals surface area contributed by atoms with Gasteiger partial charge in [-0.25, -0.2) is 8.42 Å². The van der Waals surface area contributed by atoms with Crippen molar-refractivity contribution in [1.82, 2.24) is 0 Å². The van der Waals surface area contributed by atoms with Crippen LogP contribution in [0.3, 0.4) is 0 Å². The van der Waals surface area contributed by atoms with E-state index in [0.717, 1.165) is 5.56 Å². The smallest absolute Gasteiger partial charge is 0.232 e. The third kappa shape index (κ3) is 4.98. The Morgan fingerprint density at radius 3 is 2.38 bits per heavy atom. The summed E-state index contributed by atoms with van der Waals surface area (Å²) in [5.74, 6) is -0.0835. The fourth-order valence-corrected chi connectivity index (χ4v) is 3.23. The molecule has 0 aliphatic rings. The molecule has 2 aromatic carbocycles. The number of nitrogens with one attached hydrogen (secondary N) is 2. The van der Waals surface area contributed by atoms with Crippen molar-refractivity contribution in [3.63, 3.8) is 0 Å². The molecule has 0 aromatic heterocycles. The van der Waals surface area contributed by atoms with Crippen molar-refractivity contribution < 1.29 is 17.9 Å². The van der Waals surface area contributed by atoms with Crippen molar-refractivity contribution in [2.24, 2.45) is 0 Å². The standard InChI is InChI=1S/C19H24N2O4S/c1-4-16(14-9-7-6-8-10-14)19(22)20-15-11-12-17(18(13-15)25-3)21-26(23,24)5-2/h6-13,16,21H,4-5H2,1-3H3,(H,20,22)/t16-/m1/s1. The molecule has 0 aliphatic heterocycles. The maximum absolute atomic E-state index is 12.6. The van der Waals surface area contributed by atoms with E-state index in [-0.39, 0.29) is 17.6 Å². The van der Waals surface area contributed by atoms with Gasteiger partial charge in [-0.15, -0.1) is 0 Å². The zero-order chi connectivity index (χ0) is 19.2. The molecule has 0 bridgehead atoms. The largest absolute Gasteiger partial charge is 0.494 e. The highest BCUT2D eigenvalue weighted by Gasteiger charge is 2.19. The molecule has 0 radical (unpaired) electrons. The Morgan fingerprint density at radius 2 is 1.81 bits per heavy atom. The number of rotatable bonds is 8. The van der Waals surface area contributed by atoms with Crippen LogP contribution in [0.15, 0.2) is 48.5 Å². The van der Waals surface area contributed by atoms with Crippen LogP contribution in [-0.2, 0) is 14.8 Å². The number of benzene rings is 2. The van der Waals surface area contributed by atoms with Gasteiger partial charge in [0.2, 0.25) is 15.9 Å². The number of carbonyl (C=O) groups excluding carboxylic acids is 1. The Labute approximate surface area is 154 Å². The van der Waals surface area contributed by atoms with Gasteiger partial charge in [0.05, 0.1) is 24.5 Å². The van der Waals surface area contributed by atoms with Crippen LogP contribution in [0.4, 0.5) is 11.4 Å². The molecule has 0 saturated carbocycles. The van der Waals surface area contributed by atoms with Crippen LogP contribution in [0.2, 0.25) is 0 Å². The third-order valence-corrected chi connectivity index (χ3v) is 5.33. The third-order valence-electron chi connectivity index (χ3n) is 4.04. The Morgan fingerprint density at radius 1 is 1.12 bits per heavy atom. The van der Waals surface area contributed by atoms with Crippen LogP contribution in [0.1, 0.15) is 31.7 Å². The number of sulfonamides is 1. The minimum Gasteiger partial charge on any atom is -0.494 e. The maximum atomic E-state index is 12.6. The normalized spacial score (nSPS) is 12.3. The molecule has 0 spiro atoms. The Bertz CT molecular complexity index is 851. The summed E-state index contributed by atoms with van der Waals surface area (Å²) in [7, 11) is -1.96. The zero-order valence-corrected chi connectivity index (χ0v) is 16.0. The molecule has 0 fully saturated rings. The van der Waals surface area contributed by atoms with Gasteiger partial charge in [-0.2, -0.15) is 0 Å². The summed E-state index contributed by atoms with van der Waals surface area (Å²) < 4.78 is 31.2. The predicted molar refractivity (Wildman–Crippen MR) is 104 cm³/mol. The molecule has 0 heterocycles. The molecule has 1 atom stereocenters. The quantitative estimate of drug-likeness (QED) is 0.737. The summed E-state index contributed by atoms with van der Waals surface area (Å²) in [4.78, 5) is 12.6. The summed E-state index contributed by atoms with van der Waals surface area (Å²) >= 11 is 0. The lowest BCUT2D eigenvalue weighted by molar-refractivity contribution is -0.117. The molecule has 2 rings (SSSR count). The van der Waals surface area contributed by atoms with Gasteiger partial charge < -0.3 is 10.1 Å². The molecule has 2 aromatic rings. The fraction of sp³-hybridized carbons (Fsp3) is 0.316. The van der Waals surface area contributed by atoms with Crippen molar-refractivity contribution in [3.8, 4) is 5.75 Å². The van der Waals surface area contributed by atoms with Crippen molar-refractivity contribution in [1.29, 1.82) is 0 Å². The number of amides is 1. The minimum absolute atomic E-state index is 0.0378. The number of methoxy groups -OCH3 is 1. The lowest BCUT2D eigenvalue weighted by Gasteiger charge is -2.17. The average Bonchev–Trinajstić information content (AvgIpc) is 2.64. The number of hydrogen-bond donors (Lipinski definition) is 2. The summed E-state index contributed by atoms with van der Waals surface area (Å²) in [6, 6.07) is 14.4. The molecular formula is C19H24N2O4S. The van der Waals surface area contributed by atoms with Crippen LogP contribution in [0, 0.1) is 0 Å². The predicted octanol–water partition coefficient (Wildman–Crippen LogP) is 3.59. The van der Waals surface area contributed by atoms with Gasteiger partial charge in [-0.3, -0.25) is 9.52 Å². The van der Waals surface area contributed by atoms with Crippen molar-refractivity contribution in [2.75, 3.05) is 22.9 Å². The molecule has 1 amide bonds. The van der Waals surface area contributed by atoms with Crippen molar-refractivity contribution >= 4 is 27.3 Å². The number of hydrogen-bond acceptors (Lipinski definition) is 4. The second-order valence-electron chi connectivity index (χ2n) is 5.78. The zero-order valence-electron chi connectivity index (χ0n) is 15.2. The first-order chi connectivity index (χ1) is 12.4. The van der Waals surface area contributed by atoms with Crippen LogP contribution < -0.4 is 14.8 Å². The van der Waals surface area contributed by atoms with E-state index in [0.29, 0.717) is 23.5 Å². The first-order valence-corrected chi connectivity index (χ1v) is 10.1. The van der Waals surface area contributed by atoms with Crippen LogP contribution in [0.5, 0.6) is 5.75 Å². The van der Waals surface area contributed by atoms with E-state index in [9.17, 15) is 13.2 Å². The van der Waals surface area contributed by atoms with Gasteiger partial charge in [0.15, 0.2) is 0 Å². The monoisotopic (exact) mass is 376 g/mol. The van der Waals surface area contributed by atoms with E-state index in [1.807, 2.05) is 37.3 Å². The van der Waals surface area contributed by atoms with Crippen LogP contribution in [-0.4, -0.2) is 27.2 Å². The molecule has 0 unspecified atom stereocenters. The Kier molecular flexibility index (Phi) is 6.63. The van der Waals surface area contributed by atoms with E-state index >= 15 is 0 Å². The molecule has 0 aliphatic carbocycles. The van der Waals surface area contributed by atoms with Gasteiger partial charge >= 0.3 is 0 Å². The Hall–Kier alpha value is -2.54. The average molecular weight is 376 g/mol. The molecular weight excluding hydrogens is 352 g/mol. The maximum Gasteiger partial charge on any atom is 0.232 e. The van der Waals surface area contributed by atoms with Gasteiger partial charge in [0.25, 0.3) is 0 Å². The highest BCUT2D eigenvalue weighted by Crippen LogP contribution is 2.30. The molecule has 7 heteroatoms. The molecule has 6 nitrogen and oxygen atoms in total. The van der Waals surface area contributed by atoms with Crippen LogP contribution >= 0.6 is 0 Å². The summed E-state index contributed by atoms with van der Waals surface area (Å²) in [6.07, 6.45) is 0.668. The Balaban J connectivity index is 2.20. The number of carbonyl (C=O) groups is 1. The first-order valence-electron chi connectivity index (χ1n) is 8.44. The number of ether oxygens (including phenoxy) is 1. The van der Waals surface area contributed by atoms with Crippen LogP contribution in [0.25, 0.3) is 0 Å². The lowest BCUT2D eigenvalue weighted by atomic mass is 9.95. The van der Waals surface area contributed by atoms with E-state index in [2.05, 4.69) is 10.0 Å². The minimum atomic E-state index is -3.41. The SMILES string of the molecule is CC[C@@H](C(=O)Nc1ccc(NS(=O)(=O)CC)c(OC)c1)c1ccccc1. The molecule has 2 N–H and O–H groups in total. The van der Waals surface area contributed by atoms with Crippen molar-refractivity contribution in [2.45, 2.75) is 26.2 Å². The van der Waals surface area contributed by atoms with E-state index < -0.39 is 10.0 Å². The molecule has 26 heavy (non-hydrogen) atoms. The van der Waals surface area contributed by atoms with Gasteiger partial charge in [-0.1, -0.05) is 37.3 Å². The topological polar surface area (TPSA) is 84.5 Å². The highest BCUT2D eigenvalue weighted by molar-refractivity contribution is 7.92. The van der Waals surface area contributed by atoms with E-state index in [1.165, 1.54) is 7.11 Å². The van der Waals surface area contributed by atoms with Gasteiger partial charge in [0, 0.05) is 11.8 Å². The van der Waals surface area contributed by atoms with Crippen molar-refractivity contribution in [3.05, 3.63) is 54.1 Å². The number of anilines is 2. The van der Waals surface area contributed by atoms with Gasteiger partial charge in [0.1, 0.15) is 5.75 Å². The summed E-state index contributed by atoms with van der Waals surface area (Å²) in [5.41, 5.74) is 1.83. The summed E-state index contributed by atoms with van der Waals surface area (Å²) in [6.45, 7) is 3.51. The van der Waals surface area contributed by atoms with E-state index in [1.54, 1.807) is 25.1 Å². The fourth-order valence-electron chi connectivity index (χ4n) is 2.58. The molecule has 0 saturated heterocycles. The molecule has 140 valence electrons. The second-order valence-corrected chi connectivity index (χ2v) is 7.79. The van der Waals surface area contributed by atoms with E-state index in [4.69, 9.17) is 4.74 Å². The first kappa shape index (κ1) is 19.8. The highest BCUT2D eigenvalue weighted by atomic mass is 32.2. The summed E-state index contributed by atoms with van der Waals surface area (Å²) in [5, 5.41) is 2.87. The van der Waals surface area contributed by atoms with Gasteiger partial charge in [-0.05, 0) is 31.0 Å².